The lowest BCUT2D eigenvalue weighted by Gasteiger charge is -2.09. The van der Waals surface area contributed by atoms with Crippen molar-refractivity contribution in [1.29, 1.82) is 0 Å². The highest BCUT2D eigenvalue weighted by atomic mass is 19.1. The number of hydrogen-bond donors (Lipinski definition) is 2. The molecule has 0 spiro atoms. The summed E-state index contributed by atoms with van der Waals surface area (Å²) in [5.74, 6) is -1.73. The summed E-state index contributed by atoms with van der Waals surface area (Å²) < 4.78 is 13.0. The molecule has 2 aromatic rings. The predicted octanol–water partition coefficient (Wildman–Crippen LogP) is 2.53. The number of pyridine rings is 1. The minimum absolute atomic E-state index is 0.0796. The highest BCUT2D eigenvalue weighted by molar-refractivity contribution is 5.94. The highest BCUT2D eigenvalue weighted by Crippen LogP contribution is 2.17. The van der Waals surface area contributed by atoms with Gasteiger partial charge in [0, 0.05) is 24.6 Å². The number of hydrogen-bond acceptors (Lipinski definition) is 3. The van der Waals surface area contributed by atoms with Crippen LogP contribution in [0.15, 0.2) is 42.7 Å². The van der Waals surface area contributed by atoms with Crippen molar-refractivity contribution in [3.05, 3.63) is 59.7 Å². The van der Waals surface area contributed by atoms with E-state index in [1.165, 1.54) is 12.1 Å². The summed E-state index contributed by atoms with van der Waals surface area (Å²) in [5, 5.41) is 11.9. The number of anilines is 1. The van der Waals surface area contributed by atoms with Crippen molar-refractivity contribution < 1.29 is 14.3 Å². The Hall–Kier alpha value is -2.43. The average molecular weight is 246 g/mol. The molecule has 0 bridgehead atoms. The molecule has 92 valence electrons. The first-order valence-electron chi connectivity index (χ1n) is 5.32. The number of nitrogens with one attached hydrogen (secondary N) is 1. The van der Waals surface area contributed by atoms with Crippen molar-refractivity contribution in [1.82, 2.24) is 4.98 Å². The lowest BCUT2D eigenvalue weighted by molar-refractivity contribution is 0.0697. The fraction of sp³-hybridized carbons (Fsp3) is 0.0769. The van der Waals surface area contributed by atoms with E-state index in [4.69, 9.17) is 5.11 Å². The van der Waals surface area contributed by atoms with Crippen LogP contribution in [0.4, 0.5) is 10.1 Å². The zero-order valence-corrected chi connectivity index (χ0v) is 9.43. The van der Waals surface area contributed by atoms with Crippen LogP contribution in [-0.2, 0) is 6.54 Å². The smallest absolute Gasteiger partial charge is 0.337 e. The first kappa shape index (κ1) is 12.0. The fourth-order valence-corrected chi connectivity index (χ4v) is 1.55. The van der Waals surface area contributed by atoms with Crippen molar-refractivity contribution >= 4 is 11.7 Å². The SMILES string of the molecule is O=C(O)c1cc(F)ccc1NCc1ccncc1. The Balaban J connectivity index is 2.17. The summed E-state index contributed by atoms with van der Waals surface area (Å²) in [6.45, 7) is 0.453. The number of carboxylic acid groups (broad SMARTS) is 1. The largest absolute Gasteiger partial charge is 0.478 e. The molecule has 5 heteroatoms. The third kappa shape index (κ3) is 2.82. The Labute approximate surface area is 103 Å². The van der Waals surface area contributed by atoms with Crippen LogP contribution in [-0.4, -0.2) is 16.1 Å². The van der Waals surface area contributed by atoms with Crippen LogP contribution in [0.3, 0.4) is 0 Å². The Kier molecular flexibility index (Phi) is 3.52. The van der Waals surface area contributed by atoms with Gasteiger partial charge in [0.15, 0.2) is 0 Å². The quantitative estimate of drug-likeness (QED) is 0.870. The maximum Gasteiger partial charge on any atom is 0.337 e. The monoisotopic (exact) mass is 246 g/mol. The first-order chi connectivity index (χ1) is 8.66. The summed E-state index contributed by atoms with van der Waals surface area (Å²) in [6, 6.07) is 7.27. The van der Waals surface area contributed by atoms with E-state index in [0.29, 0.717) is 12.2 Å². The molecular formula is C13H11FN2O2. The number of carbonyl (C=O) groups is 1. The molecule has 2 rings (SSSR count). The van der Waals surface area contributed by atoms with Crippen molar-refractivity contribution in [2.75, 3.05) is 5.32 Å². The van der Waals surface area contributed by atoms with Crippen LogP contribution >= 0.6 is 0 Å². The van der Waals surface area contributed by atoms with Gasteiger partial charge in [0.25, 0.3) is 0 Å². The number of aromatic carboxylic acids is 1. The molecule has 1 heterocycles. The molecular weight excluding hydrogens is 235 g/mol. The first-order valence-corrected chi connectivity index (χ1v) is 5.32. The molecule has 0 aliphatic carbocycles. The standard InChI is InChI=1S/C13H11FN2O2/c14-10-1-2-12(11(7-10)13(17)18)16-8-9-3-5-15-6-4-9/h1-7,16H,8H2,(H,17,18). The zero-order chi connectivity index (χ0) is 13.0. The van der Waals surface area contributed by atoms with Crippen molar-refractivity contribution in [2.24, 2.45) is 0 Å². The maximum absolute atomic E-state index is 13.0. The topological polar surface area (TPSA) is 62.2 Å². The highest BCUT2D eigenvalue weighted by Gasteiger charge is 2.10. The Bertz CT molecular complexity index is 558. The Morgan fingerprint density at radius 2 is 2.00 bits per heavy atom. The molecule has 4 nitrogen and oxygen atoms in total. The predicted molar refractivity (Wildman–Crippen MR) is 64.9 cm³/mol. The maximum atomic E-state index is 13.0. The lowest BCUT2D eigenvalue weighted by atomic mass is 10.1. The normalized spacial score (nSPS) is 10.1. The van der Waals surface area contributed by atoms with E-state index in [0.717, 1.165) is 11.6 Å². The second-order valence-corrected chi connectivity index (χ2v) is 3.70. The van der Waals surface area contributed by atoms with Crippen molar-refractivity contribution in [3.63, 3.8) is 0 Å². The molecule has 0 radical (unpaired) electrons. The minimum Gasteiger partial charge on any atom is -0.478 e. The van der Waals surface area contributed by atoms with Crippen LogP contribution in [0.25, 0.3) is 0 Å². The van der Waals surface area contributed by atoms with Gasteiger partial charge in [-0.15, -0.1) is 0 Å². The fourth-order valence-electron chi connectivity index (χ4n) is 1.55. The van der Waals surface area contributed by atoms with Gasteiger partial charge < -0.3 is 10.4 Å². The van der Waals surface area contributed by atoms with Crippen LogP contribution in [0.5, 0.6) is 0 Å². The van der Waals surface area contributed by atoms with E-state index < -0.39 is 11.8 Å². The molecule has 0 unspecified atom stereocenters. The number of rotatable bonds is 4. The van der Waals surface area contributed by atoms with Crippen LogP contribution in [0, 0.1) is 5.82 Å². The summed E-state index contributed by atoms with van der Waals surface area (Å²) in [5.41, 5.74) is 1.27. The second-order valence-electron chi connectivity index (χ2n) is 3.70. The summed E-state index contributed by atoms with van der Waals surface area (Å²) in [7, 11) is 0. The average Bonchev–Trinajstić information content (AvgIpc) is 2.38. The number of aromatic nitrogens is 1. The van der Waals surface area contributed by atoms with Gasteiger partial charge in [0.2, 0.25) is 0 Å². The molecule has 0 saturated carbocycles. The molecule has 0 fully saturated rings. The van der Waals surface area contributed by atoms with Crippen molar-refractivity contribution in [2.45, 2.75) is 6.54 Å². The number of carboxylic acids is 1. The molecule has 0 aliphatic heterocycles. The van der Waals surface area contributed by atoms with E-state index in [1.54, 1.807) is 12.4 Å². The third-order valence-corrected chi connectivity index (χ3v) is 2.44. The van der Waals surface area contributed by atoms with E-state index in [1.807, 2.05) is 12.1 Å². The van der Waals surface area contributed by atoms with E-state index in [2.05, 4.69) is 10.3 Å². The minimum atomic E-state index is -1.16. The van der Waals surface area contributed by atoms with Crippen LogP contribution < -0.4 is 5.32 Å². The van der Waals surface area contributed by atoms with E-state index >= 15 is 0 Å². The van der Waals surface area contributed by atoms with Crippen molar-refractivity contribution in [3.8, 4) is 0 Å². The molecule has 0 saturated heterocycles. The molecule has 18 heavy (non-hydrogen) atoms. The van der Waals surface area contributed by atoms with Gasteiger partial charge in [-0.3, -0.25) is 4.98 Å². The van der Waals surface area contributed by atoms with Gasteiger partial charge in [0.05, 0.1) is 5.56 Å². The summed E-state index contributed by atoms with van der Waals surface area (Å²) in [4.78, 5) is 14.9. The molecule has 1 aromatic carbocycles. The molecule has 0 aliphatic rings. The van der Waals surface area contributed by atoms with Crippen LogP contribution in [0.1, 0.15) is 15.9 Å². The number of halogens is 1. The number of nitrogens with zero attached hydrogens (tertiary/aromatic N) is 1. The molecule has 0 atom stereocenters. The lowest BCUT2D eigenvalue weighted by Crippen LogP contribution is -2.06. The van der Waals surface area contributed by atoms with Gasteiger partial charge in [-0.1, -0.05) is 0 Å². The van der Waals surface area contributed by atoms with Gasteiger partial charge in [0.1, 0.15) is 5.82 Å². The molecule has 2 N–H and O–H groups in total. The van der Waals surface area contributed by atoms with Gasteiger partial charge >= 0.3 is 5.97 Å². The molecule has 1 aromatic heterocycles. The second kappa shape index (κ2) is 5.27. The number of benzene rings is 1. The van der Waals surface area contributed by atoms with Gasteiger partial charge in [-0.25, -0.2) is 9.18 Å². The Morgan fingerprint density at radius 3 is 2.67 bits per heavy atom. The van der Waals surface area contributed by atoms with Gasteiger partial charge in [-0.2, -0.15) is 0 Å². The summed E-state index contributed by atoms with van der Waals surface area (Å²) in [6.07, 6.45) is 3.31. The summed E-state index contributed by atoms with van der Waals surface area (Å²) >= 11 is 0. The van der Waals surface area contributed by atoms with E-state index in [-0.39, 0.29) is 5.56 Å². The van der Waals surface area contributed by atoms with Crippen LogP contribution in [0.2, 0.25) is 0 Å². The Morgan fingerprint density at radius 1 is 1.28 bits per heavy atom. The third-order valence-electron chi connectivity index (χ3n) is 2.44. The van der Waals surface area contributed by atoms with E-state index in [9.17, 15) is 9.18 Å². The zero-order valence-electron chi connectivity index (χ0n) is 9.43. The van der Waals surface area contributed by atoms with Gasteiger partial charge in [-0.05, 0) is 35.9 Å². The molecule has 0 amide bonds.